The first-order valence-electron chi connectivity index (χ1n) is 8.46. The summed E-state index contributed by atoms with van der Waals surface area (Å²) in [6.07, 6.45) is 5.68. The fraction of sp³-hybridized carbons (Fsp3) is 0.812. The molecule has 0 aromatic heterocycles. The predicted molar refractivity (Wildman–Crippen MR) is 83.1 cm³/mol. The number of hydrogen-bond donors (Lipinski definition) is 0. The molecule has 3 amide bonds. The van der Waals surface area contributed by atoms with Gasteiger partial charge in [0.1, 0.15) is 6.54 Å². The van der Waals surface area contributed by atoms with Crippen LogP contribution in [0.2, 0.25) is 0 Å². The van der Waals surface area contributed by atoms with Crippen LogP contribution in [0.15, 0.2) is 0 Å². The molecule has 6 heteroatoms. The minimum absolute atomic E-state index is 0.0273. The second kappa shape index (κ2) is 7.61. The van der Waals surface area contributed by atoms with Crippen molar-refractivity contribution in [2.24, 2.45) is 0 Å². The predicted octanol–water partition coefficient (Wildman–Crippen LogP) is 0.858. The molecule has 1 aliphatic carbocycles. The van der Waals surface area contributed by atoms with Crippen molar-refractivity contribution in [3.05, 3.63) is 0 Å². The van der Waals surface area contributed by atoms with Crippen LogP contribution < -0.4 is 0 Å². The van der Waals surface area contributed by atoms with Crippen LogP contribution in [0.4, 0.5) is 0 Å². The van der Waals surface area contributed by atoms with Gasteiger partial charge in [0.25, 0.3) is 0 Å². The molecule has 0 atom stereocenters. The van der Waals surface area contributed by atoms with Crippen molar-refractivity contribution in [1.82, 2.24) is 14.7 Å². The van der Waals surface area contributed by atoms with Crippen molar-refractivity contribution in [2.75, 3.05) is 32.7 Å². The molecular formula is C16H27N3O3. The first kappa shape index (κ1) is 16.8. The van der Waals surface area contributed by atoms with E-state index in [1.54, 1.807) is 0 Å². The van der Waals surface area contributed by atoms with Crippen molar-refractivity contribution >= 4 is 17.7 Å². The Morgan fingerprint density at radius 3 is 2.23 bits per heavy atom. The zero-order valence-corrected chi connectivity index (χ0v) is 13.7. The maximum absolute atomic E-state index is 12.6. The molecule has 0 aromatic rings. The van der Waals surface area contributed by atoms with Crippen LogP contribution in [0, 0.1) is 0 Å². The van der Waals surface area contributed by atoms with Crippen molar-refractivity contribution in [3.63, 3.8) is 0 Å². The van der Waals surface area contributed by atoms with E-state index in [4.69, 9.17) is 0 Å². The van der Waals surface area contributed by atoms with Crippen molar-refractivity contribution in [2.45, 2.75) is 52.0 Å². The van der Waals surface area contributed by atoms with Gasteiger partial charge in [0.15, 0.2) is 0 Å². The molecule has 1 saturated heterocycles. The quantitative estimate of drug-likeness (QED) is 0.708. The fourth-order valence-electron chi connectivity index (χ4n) is 3.45. The number of piperazine rings is 1. The summed E-state index contributed by atoms with van der Waals surface area (Å²) >= 11 is 0. The van der Waals surface area contributed by atoms with Gasteiger partial charge in [0, 0.05) is 32.2 Å². The average Bonchev–Trinajstić information content (AvgIpc) is 2.54. The van der Waals surface area contributed by atoms with Crippen LogP contribution in [0.1, 0.15) is 46.0 Å². The molecule has 2 aliphatic rings. The molecule has 0 unspecified atom stereocenters. The SMILES string of the molecule is CCN1CCN(CC(=O)N(CC)C2CCCCC2)C(=O)C1=O. The summed E-state index contributed by atoms with van der Waals surface area (Å²) in [7, 11) is 0. The van der Waals surface area contributed by atoms with E-state index in [0.29, 0.717) is 32.2 Å². The van der Waals surface area contributed by atoms with Gasteiger partial charge in [-0.2, -0.15) is 0 Å². The Hall–Kier alpha value is -1.59. The monoisotopic (exact) mass is 309 g/mol. The van der Waals surface area contributed by atoms with Gasteiger partial charge in [-0.25, -0.2) is 0 Å². The summed E-state index contributed by atoms with van der Waals surface area (Å²) in [5, 5.41) is 0. The second-order valence-corrected chi connectivity index (χ2v) is 6.08. The van der Waals surface area contributed by atoms with E-state index in [2.05, 4.69) is 0 Å². The Kier molecular flexibility index (Phi) is 5.80. The van der Waals surface area contributed by atoms with Gasteiger partial charge in [-0.1, -0.05) is 19.3 Å². The van der Waals surface area contributed by atoms with E-state index in [1.807, 2.05) is 18.7 Å². The minimum Gasteiger partial charge on any atom is -0.338 e. The lowest BCUT2D eigenvalue weighted by molar-refractivity contribution is -0.157. The molecule has 0 spiro atoms. The standard InChI is InChI=1S/C16H27N3O3/c1-3-17-10-11-18(16(22)15(17)21)12-14(20)19(4-2)13-8-6-5-7-9-13/h13H,3-12H2,1-2H3. The molecule has 2 rings (SSSR count). The highest BCUT2D eigenvalue weighted by Crippen LogP contribution is 2.22. The highest BCUT2D eigenvalue weighted by Gasteiger charge is 2.34. The number of hydrogen-bond acceptors (Lipinski definition) is 3. The van der Waals surface area contributed by atoms with E-state index >= 15 is 0 Å². The average molecular weight is 309 g/mol. The zero-order chi connectivity index (χ0) is 16.1. The molecule has 22 heavy (non-hydrogen) atoms. The van der Waals surface area contributed by atoms with Crippen molar-refractivity contribution < 1.29 is 14.4 Å². The molecule has 0 bridgehead atoms. The summed E-state index contributed by atoms with van der Waals surface area (Å²) in [4.78, 5) is 41.4. The first-order valence-corrected chi connectivity index (χ1v) is 8.46. The first-order chi connectivity index (χ1) is 10.6. The number of nitrogens with zero attached hydrogens (tertiary/aromatic N) is 3. The van der Waals surface area contributed by atoms with Gasteiger partial charge in [0.05, 0.1) is 0 Å². The van der Waals surface area contributed by atoms with Crippen LogP contribution in [0.5, 0.6) is 0 Å². The lowest BCUT2D eigenvalue weighted by Crippen LogP contribution is -2.57. The molecule has 6 nitrogen and oxygen atoms in total. The molecule has 0 aromatic carbocycles. The van der Waals surface area contributed by atoms with E-state index in [1.165, 1.54) is 29.1 Å². The smallest absolute Gasteiger partial charge is 0.312 e. The van der Waals surface area contributed by atoms with E-state index < -0.39 is 11.8 Å². The largest absolute Gasteiger partial charge is 0.338 e. The number of amides is 3. The van der Waals surface area contributed by atoms with Gasteiger partial charge in [-0.3, -0.25) is 14.4 Å². The third-order valence-corrected chi connectivity index (χ3v) is 4.78. The number of rotatable bonds is 5. The van der Waals surface area contributed by atoms with Crippen LogP contribution in [-0.2, 0) is 14.4 Å². The van der Waals surface area contributed by atoms with Crippen molar-refractivity contribution in [3.8, 4) is 0 Å². The second-order valence-electron chi connectivity index (χ2n) is 6.08. The highest BCUT2D eigenvalue weighted by molar-refractivity contribution is 6.35. The number of likely N-dealkylation sites (N-methyl/N-ethyl adjacent to an activating group) is 2. The number of carbonyl (C=O) groups excluding carboxylic acids is 3. The Balaban J connectivity index is 1.95. The summed E-state index contributed by atoms with van der Waals surface area (Å²) < 4.78 is 0. The summed E-state index contributed by atoms with van der Waals surface area (Å²) in [5.41, 5.74) is 0. The molecule has 1 aliphatic heterocycles. The van der Waals surface area contributed by atoms with Crippen LogP contribution >= 0.6 is 0 Å². The van der Waals surface area contributed by atoms with Crippen molar-refractivity contribution in [1.29, 1.82) is 0 Å². The van der Waals surface area contributed by atoms with Crippen LogP contribution in [-0.4, -0.2) is 71.2 Å². The van der Waals surface area contributed by atoms with Crippen LogP contribution in [0.3, 0.4) is 0 Å². The number of carbonyl (C=O) groups is 3. The molecule has 0 radical (unpaired) electrons. The normalized spacial score (nSPS) is 20.5. The van der Waals surface area contributed by atoms with Gasteiger partial charge >= 0.3 is 11.8 Å². The third kappa shape index (κ3) is 3.59. The summed E-state index contributed by atoms with van der Waals surface area (Å²) in [6.45, 7) is 6.04. The summed E-state index contributed by atoms with van der Waals surface area (Å²) in [5.74, 6) is -1.05. The molecule has 1 saturated carbocycles. The topological polar surface area (TPSA) is 60.9 Å². The third-order valence-electron chi connectivity index (χ3n) is 4.78. The molecule has 124 valence electrons. The van der Waals surface area contributed by atoms with Gasteiger partial charge in [-0.15, -0.1) is 0 Å². The Bertz CT molecular complexity index is 432. The maximum atomic E-state index is 12.6. The van der Waals surface area contributed by atoms with Gasteiger partial charge in [0.2, 0.25) is 5.91 Å². The minimum atomic E-state index is -0.541. The lowest BCUT2D eigenvalue weighted by atomic mass is 9.94. The Morgan fingerprint density at radius 2 is 1.64 bits per heavy atom. The van der Waals surface area contributed by atoms with Gasteiger partial charge in [-0.05, 0) is 26.7 Å². The highest BCUT2D eigenvalue weighted by atomic mass is 16.2. The Morgan fingerprint density at radius 1 is 1.05 bits per heavy atom. The molecular weight excluding hydrogens is 282 g/mol. The lowest BCUT2D eigenvalue weighted by Gasteiger charge is -2.37. The van der Waals surface area contributed by atoms with Gasteiger partial charge < -0.3 is 14.7 Å². The maximum Gasteiger partial charge on any atom is 0.312 e. The fourth-order valence-corrected chi connectivity index (χ4v) is 3.45. The Labute approximate surface area is 132 Å². The van der Waals surface area contributed by atoms with Crippen LogP contribution in [0.25, 0.3) is 0 Å². The van der Waals surface area contributed by atoms with E-state index in [0.717, 1.165) is 12.8 Å². The zero-order valence-electron chi connectivity index (χ0n) is 13.7. The summed E-state index contributed by atoms with van der Waals surface area (Å²) in [6, 6.07) is 0.300. The molecule has 1 heterocycles. The van der Waals surface area contributed by atoms with E-state index in [9.17, 15) is 14.4 Å². The molecule has 2 fully saturated rings. The van der Waals surface area contributed by atoms with E-state index in [-0.39, 0.29) is 12.5 Å². The molecule has 0 N–H and O–H groups in total.